The maximum Gasteiger partial charge on any atom is 0.317 e. The van der Waals surface area contributed by atoms with Crippen LogP contribution in [0.4, 0.5) is 4.79 Å². The van der Waals surface area contributed by atoms with E-state index in [0.29, 0.717) is 12.5 Å². The Kier molecular flexibility index (Phi) is 5.38. The highest BCUT2D eigenvalue weighted by Crippen LogP contribution is 2.20. The van der Waals surface area contributed by atoms with Crippen molar-refractivity contribution in [3.05, 3.63) is 42.2 Å². The fourth-order valence-electron chi connectivity index (χ4n) is 3.40. The van der Waals surface area contributed by atoms with Gasteiger partial charge in [-0.25, -0.2) is 4.79 Å². The molecule has 1 saturated heterocycles. The molecule has 0 spiro atoms. The van der Waals surface area contributed by atoms with Gasteiger partial charge in [0.1, 0.15) is 0 Å². The molecule has 6 nitrogen and oxygen atoms in total. The van der Waals surface area contributed by atoms with E-state index in [1.54, 1.807) is 4.68 Å². The first kappa shape index (κ1) is 17.5. The molecule has 25 heavy (non-hydrogen) atoms. The van der Waals surface area contributed by atoms with Crippen LogP contribution in [0.15, 0.2) is 36.7 Å². The van der Waals surface area contributed by atoms with Gasteiger partial charge in [-0.3, -0.25) is 4.68 Å². The Labute approximate surface area is 149 Å². The number of urea groups is 1. The molecule has 1 fully saturated rings. The molecule has 0 aliphatic carbocycles. The van der Waals surface area contributed by atoms with E-state index >= 15 is 0 Å². The van der Waals surface area contributed by atoms with Crippen molar-refractivity contribution in [3.63, 3.8) is 0 Å². The summed E-state index contributed by atoms with van der Waals surface area (Å²) < 4.78 is 1.79. The van der Waals surface area contributed by atoms with E-state index in [0.717, 1.165) is 42.7 Å². The smallest absolute Gasteiger partial charge is 0.317 e. The van der Waals surface area contributed by atoms with Gasteiger partial charge in [0.25, 0.3) is 0 Å². The van der Waals surface area contributed by atoms with Crippen LogP contribution in [0.2, 0.25) is 0 Å². The number of amides is 2. The standard InChI is InChI=1S/C19H27N5O/c1-22(2)12-16-7-8-24(13-16)19(25)20-10-15-5-4-6-17(9-15)18-11-21-23(3)14-18/h4-6,9,11,14,16H,7-8,10,12-13H2,1-3H3,(H,20,25)/t16-/m0/s1. The Bertz CT molecular complexity index is 724. The molecule has 1 aromatic carbocycles. The summed E-state index contributed by atoms with van der Waals surface area (Å²) in [6, 6.07) is 8.27. The molecular weight excluding hydrogens is 314 g/mol. The highest BCUT2D eigenvalue weighted by atomic mass is 16.2. The predicted octanol–water partition coefficient (Wildman–Crippen LogP) is 2.18. The Morgan fingerprint density at radius 2 is 2.20 bits per heavy atom. The molecule has 0 radical (unpaired) electrons. The lowest BCUT2D eigenvalue weighted by Gasteiger charge is -2.19. The average molecular weight is 341 g/mol. The lowest BCUT2D eigenvalue weighted by Crippen LogP contribution is -2.38. The minimum absolute atomic E-state index is 0.0352. The molecule has 1 aliphatic heterocycles. The molecule has 1 N–H and O–H groups in total. The number of nitrogens with zero attached hydrogens (tertiary/aromatic N) is 4. The summed E-state index contributed by atoms with van der Waals surface area (Å²) in [6.07, 6.45) is 4.93. The number of likely N-dealkylation sites (tertiary alicyclic amines) is 1. The topological polar surface area (TPSA) is 53.4 Å². The van der Waals surface area contributed by atoms with Crippen LogP contribution in [0.5, 0.6) is 0 Å². The van der Waals surface area contributed by atoms with Crippen molar-refractivity contribution in [2.45, 2.75) is 13.0 Å². The summed E-state index contributed by atoms with van der Waals surface area (Å²) in [5, 5.41) is 7.26. The lowest BCUT2D eigenvalue weighted by atomic mass is 10.1. The van der Waals surface area contributed by atoms with Gasteiger partial charge in [0.15, 0.2) is 0 Å². The van der Waals surface area contributed by atoms with Crippen molar-refractivity contribution in [1.82, 2.24) is 24.9 Å². The fraction of sp³-hybridized carbons (Fsp3) is 0.474. The van der Waals surface area contributed by atoms with Gasteiger partial charge < -0.3 is 15.1 Å². The van der Waals surface area contributed by atoms with Crippen LogP contribution in [0.25, 0.3) is 11.1 Å². The predicted molar refractivity (Wildman–Crippen MR) is 99.1 cm³/mol. The number of carbonyl (C=O) groups is 1. The largest absolute Gasteiger partial charge is 0.334 e. The Balaban J connectivity index is 1.54. The van der Waals surface area contributed by atoms with E-state index in [9.17, 15) is 4.79 Å². The summed E-state index contributed by atoms with van der Waals surface area (Å²) in [6.45, 7) is 3.28. The van der Waals surface area contributed by atoms with Crippen molar-refractivity contribution in [2.24, 2.45) is 13.0 Å². The molecular formula is C19H27N5O. The van der Waals surface area contributed by atoms with Gasteiger partial charge in [0.2, 0.25) is 0 Å². The maximum atomic E-state index is 12.4. The van der Waals surface area contributed by atoms with Crippen LogP contribution < -0.4 is 5.32 Å². The van der Waals surface area contributed by atoms with E-state index < -0.39 is 0 Å². The van der Waals surface area contributed by atoms with E-state index in [4.69, 9.17) is 0 Å². The molecule has 2 amide bonds. The summed E-state index contributed by atoms with van der Waals surface area (Å²) in [5.41, 5.74) is 3.30. The van der Waals surface area contributed by atoms with Crippen LogP contribution in [0, 0.1) is 5.92 Å². The summed E-state index contributed by atoms with van der Waals surface area (Å²) in [4.78, 5) is 16.5. The second kappa shape index (κ2) is 7.70. The van der Waals surface area contributed by atoms with Crippen molar-refractivity contribution >= 4 is 6.03 Å². The van der Waals surface area contributed by atoms with E-state index in [1.807, 2.05) is 36.5 Å². The normalized spacial score (nSPS) is 17.3. The second-order valence-electron chi connectivity index (χ2n) is 7.12. The zero-order valence-electron chi connectivity index (χ0n) is 15.3. The zero-order valence-corrected chi connectivity index (χ0v) is 15.3. The van der Waals surface area contributed by atoms with E-state index in [-0.39, 0.29) is 6.03 Å². The van der Waals surface area contributed by atoms with Gasteiger partial charge in [-0.1, -0.05) is 18.2 Å². The van der Waals surface area contributed by atoms with E-state index in [1.165, 1.54) is 0 Å². The third kappa shape index (κ3) is 4.60. The van der Waals surface area contributed by atoms with E-state index in [2.05, 4.69) is 41.5 Å². The van der Waals surface area contributed by atoms with Crippen molar-refractivity contribution in [3.8, 4) is 11.1 Å². The van der Waals surface area contributed by atoms with Crippen LogP contribution in [0.1, 0.15) is 12.0 Å². The third-order valence-electron chi connectivity index (χ3n) is 4.61. The SMILES string of the molecule is CN(C)C[C@@H]1CCN(C(=O)NCc2cccc(-c3cnn(C)c3)c2)C1. The number of carbonyl (C=O) groups excluding carboxylic acids is 1. The molecule has 3 rings (SSSR count). The molecule has 0 unspecified atom stereocenters. The molecule has 2 aromatic rings. The van der Waals surface area contributed by atoms with Crippen LogP contribution in [-0.2, 0) is 13.6 Å². The zero-order chi connectivity index (χ0) is 17.8. The van der Waals surface area contributed by atoms with Crippen molar-refractivity contribution < 1.29 is 4.79 Å². The number of rotatable bonds is 5. The first-order chi connectivity index (χ1) is 12.0. The molecule has 1 aromatic heterocycles. The van der Waals surface area contributed by atoms with Gasteiger partial charge in [-0.15, -0.1) is 0 Å². The quantitative estimate of drug-likeness (QED) is 0.907. The molecule has 6 heteroatoms. The molecule has 0 saturated carbocycles. The van der Waals surface area contributed by atoms with Crippen LogP contribution >= 0.6 is 0 Å². The summed E-state index contributed by atoms with van der Waals surface area (Å²) in [5.74, 6) is 0.578. The highest BCUT2D eigenvalue weighted by Gasteiger charge is 2.26. The maximum absolute atomic E-state index is 12.4. The van der Waals surface area contributed by atoms with Gasteiger partial charge in [-0.2, -0.15) is 5.10 Å². The number of nitrogens with one attached hydrogen (secondary N) is 1. The van der Waals surface area contributed by atoms with Gasteiger partial charge >= 0.3 is 6.03 Å². The summed E-state index contributed by atoms with van der Waals surface area (Å²) >= 11 is 0. The minimum atomic E-state index is 0.0352. The van der Waals surface area contributed by atoms with Crippen LogP contribution in [0.3, 0.4) is 0 Å². The molecule has 1 aliphatic rings. The third-order valence-corrected chi connectivity index (χ3v) is 4.61. The first-order valence-corrected chi connectivity index (χ1v) is 8.77. The average Bonchev–Trinajstić information content (AvgIpc) is 3.21. The summed E-state index contributed by atoms with van der Waals surface area (Å²) in [7, 11) is 6.07. The first-order valence-electron chi connectivity index (χ1n) is 8.77. The minimum Gasteiger partial charge on any atom is -0.334 e. The number of hydrogen-bond acceptors (Lipinski definition) is 3. The van der Waals surface area contributed by atoms with Gasteiger partial charge in [0.05, 0.1) is 6.20 Å². The number of aromatic nitrogens is 2. The number of aryl methyl sites for hydroxylation is 1. The molecule has 2 heterocycles. The fourth-order valence-corrected chi connectivity index (χ4v) is 3.40. The highest BCUT2D eigenvalue weighted by molar-refractivity contribution is 5.74. The monoisotopic (exact) mass is 341 g/mol. The second-order valence-corrected chi connectivity index (χ2v) is 7.12. The lowest BCUT2D eigenvalue weighted by molar-refractivity contribution is 0.205. The molecule has 1 atom stereocenters. The Morgan fingerprint density at radius 1 is 1.36 bits per heavy atom. The van der Waals surface area contributed by atoms with Gasteiger partial charge in [-0.05, 0) is 43.6 Å². The Morgan fingerprint density at radius 3 is 2.92 bits per heavy atom. The number of benzene rings is 1. The molecule has 0 bridgehead atoms. The number of hydrogen-bond donors (Lipinski definition) is 1. The molecule has 134 valence electrons. The van der Waals surface area contributed by atoms with Crippen molar-refractivity contribution in [2.75, 3.05) is 33.7 Å². The van der Waals surface area contributed by atoms with Gasteiger partial charge in [0, 0.05) is 45.0 Å². The Hall–Kier alpha value is -2.34. The van der Waals surface area contributed by atoms with Crippen LogP contribution in [-0.4, -0.2) is 59.3 Å². The van der Waals surface area contributed by atoms with Crippen molar-refractivity contribution in [1.29, 1.82) is 0 Å².